The molecule has 2 heterocycles. The van der Waals surface area contributed by atoms with Gasteiger partial charge in [-0.2, -0.15) is 10.2 Å². The standard InChI is InChI=1S/C14H18N6/c15-13-6-4-11(17-19-13)9-2-1-3-10(8-9)12-5-7-14(16)20-18-12/h4-7,9-10H,1-3,8H2,(H2,15,19)(H2,16,20)/t9-,10-/m0/s1. The van der Waals surface area contributed by atoms with Gasteiger partial charge < -0.3 is 11.5 Å². The van der Waals surface area contributed by atoms with E-state index in [9.17, 15) is 0 Å². The molecular formula is C14H18N6. The first-order valence-electron chi connectivity index (χ1n) is 6.90. The van der Waals surface area contributed by atoms with Crippen molar-refractivity contribution in [1.29, 1.82) is 0 Å². The number of hydrogen-bond acceptors (Lipinski definition) is 6. The predicted molar refractivity (Wildman–Crippen MR) is 76.8 cm³/mol. The van der Waals surface area contributed by atoms with Crippen LogP contribution in [0.25, 0.3) is 0 Å². The van der Waals surface area contributed by atoms with E-state index in [1.165, 1.54) is 0 Å². The summed E-state index contributed by atoms with van der Waals surface area (Å²) in [5.74, 6) is 1.76. The maximum Gasteiger partial charge on any atom is 0.146 e. The molecule has 0 unspecified atom stereocenters. The highest BCUT2D eigenvalue weighted by Crippen LogP contribution is 2.39. The van der Waals surface area contributed by atoms with Crippen LogP contribution >= 0.6 is 0 Å². The first-order valence-corrected chi connectivity index (χ1v) is 6.90. The lowest BCUT2D eigenvalue weighted by atomic mass is 9.78. The van der Waals surface area contributed by atoms with Gasteiger partial charge in [-0.15, -0.1) is 10.2 Å². The number of aromatic nitrogens is 4. The molecule has 3 rings (SSSR count). The molecule has 0 saturated heterocycles. The lowest BCUT2D eigenvalue weighted by molar-refractivity contribution is 0.380. The summed E-state index contributed by atoms with van der Waals surface area (Å²) in [5, 5.41) is 16.3. The zero-order valence-electron chi connectivity index (χ0n) is 11.2. The molecule has 2 aromatic heterocycles. The van der Waals surface area contributed by atoms with Crippen molar-refractivity contribution in [3.63, 3.8) is 0 Å². The van der Waals surface area contributed by atoms with Gasteiger partial charge in [0.2, 0.25) is 0 Å². The number of hydrogen-bond donors (Lipinski definition) is 2. The zero-order chi connectivity index (χ0) is 13.9. The first kappa shape index (κ1) is 12.8. The second-order valence-electron chi connectivity index (χ2n) is 5.33. The smallest absolute Gasteiger partial charge is 0.146 e. The molecular weight excluding hydrogens is 252 g/mol. The summed E-state index contributed by atoms with van der Waals surface area (Å²) in [4.78, 5) is 0. The van der Waals surface area contributed by atoms with Crippen LogP contribution < -0.4 is 11.5 Å². The van der Waals surface area contributed by atoms with E-state index in [0.717, 1.165) is 37.1 Å². The second-order valence-corrected chi connectivity index (χ2v) is 5.33. The van der Waals surface area contributed by atoms with Crippen LogP contribution in [0.15, 0.2) is 24.3 Å². The molecule has 6 heteroatoms. The Morgan fingerprint density at radius 2 is 1.25 bits per heavy atom. The van der Waals surface area contributed by atoms with Crippen molar-refractivity contribution < 1.29 is 0 Å². The Bertz CT molecular complexity index is 514. The molecule has 0 aromatic carbocycles. The van der Waals surface area contributed by atoms with Gasteiger partial charge in [0.25, 0.3) is 0 Å². The Balaban J connectivity index is 1.76. The normalized spacial score (nSPS) is 22.6. The van der Waals surface area contributed by atoms with Crippen LogP contribution in [0.4, 0.5) is 11.6 Å². The van der Waals surface area contributed by atoms with Gasteiger partial charge in [-0.3, -0.25) is 0 Å². The van der Waals surface area contributed by atoms with Crippen LogP contribution in [0.5, 0.6) is 0 Å². The third-order valence-corrected chi connectivity index (χ3v) is 3.92. The van der Waals surface area contributed by atoms with Crippen molar-refractivity contribution in [2.24, 2.45) is 0 Å². The third kappa shape index (κ3) is 2.68. The molecule has 2 aromatic rings. The zero-order valence-corrected chi connectivity index (χ0v) is 11.2. The molecule has 2 atom stereocenters. The van der Waals surface area contributed by atoms with Crippen LogP contribution in [0.3, 0.4) is 0 Å². The molecule has 0 radical (unpaired) electrons. The Labute approximate surface area is 117 Å². The van der Waals surface area contributed by atoms with Crippen molar-refractivity contribution in [2.75, 3.05) is 11.5 Å². The lowest BCUT2D eigenvalue weighted by Gasteiger charge is -2.27. The number of anilines is 2. The second kappa shape index (κ2) is 5.40. The van der Waals surface area contributed by atoms with Crippen molar-refractivity contribution in [3.05, 3.63) is 35.7 Å². The van der Waals surface area contributed by atoms with Crippen LogP contribution in [0.1, 0.15) is 48.9 Å². The average molecular weight is 270 g/mol. The minimum Gasteiger partial charge on any atom is -0.382 e. The molecule has 0 bridgehead atoms. The summed E-state index contributed by atoms with van der Waals surface area (Å²) in [7, 11) is 0. The highest BCUT2D eigenvalue weighted by atomic mass is 15.1. The Hall–Kier alpha value is -2.24. The molecule has 1 saturated carbocycles. The van der Waals surface area contributed by atoms with Crippen molar-refractivity contribution in [3.8, 4) is 0 Å². The van der Waals surface area contributed by atoms with E-state index in [1.54, 1.807) is 0 Å². The Morgan fingerprint density at radius 3 is 1.65 bits per heavy atom. The molecule has 0 spiro atoms. The summed E-state index contributed by atoms with van der Waals surface area (Å²) in [6.07, 6.45) is 4.46. The highest BCUT2D eigenvalue weighted by Gasteiger charge is 2.26. The van der Waals surface area contributed by atoms with Crippen LogP contribution in [-0.2, 0) is 0 Å². The van der Waals surface area contributed by atoms with E-state index in [2.05, 4.69) is 20.4 Å². The lowest BCUT2D eigenvalue weighted by Crippen LogP contribution is -2.16. The monoisotopic (exact) mass is 270 g/mol. The summed E-state index contributed by atoms with van der Waals surface area (Å²) < 4.78 is 0. The Kier molecular flexibility index (Phi) is 3.45. The van der Waals surface area contributed by atoms with Crippen LogP contribution in [-0.4, -0.2) is 20.4 Å². The minimum absolute atomic E-state index is 0.418. The molecule has 20 heavy (non-hydrogen) atoms. The molecule has 1 aliphatic carbocycles. The summed E-state index contributed by atoms with van der Waals surface area (Å²) in [5.41, 5.74) is 13.2. The van der Waals surface area contributed by atoms with E-state index in [4.69, 9.17) is 11.5 Å². The van der Waals surface area contributed by atoms with Gasteiger partial charge in [0.15, 0.2) is 0 Å². The van der Waals surface area contributed by atoms with E-state index < -0.39 is 0 Å². The largest absolute Gasteiger partial charge is 0.382 e. The van der Waals surface area contributed by atoms with E-state index in [-0.39, 0.29) is 0 Å². The maximum absolute atomic E-state index is 5.59. The van der Waals surface area contributed by atoms with E-state index in [0.29, 0.717) is 23.5 Å². The van der Waals surface area contributed by atoms with Gasteiger partial charge in [0, 0.05) is 11.8 Å². The number of nitrogen functional groups attached to an aromatic ring is 2. The molecule has 4 N–H and O–H groups in total. The van der Waals surface area contributed by atoms with Gasteiger partial charge >= 0.3 is 0 Å². The minimum atomic E-state index is 0.418. The highest BCUT2D eigenvalue weighted by molar-refractivity contribution is 5.28. The Morgan fingerprint density at radius 1 is 0.750 bits per heavy atom. The van der Waals surface area contributed by atoms with Crippen LogP contribution in [0.2, 0.25) is 0 Å². The molecule has 6 nitrogen and oxygen atoms in total. The topological polar surface area (TPSA) is 104 Å². The van der Waals surface area contributed by atoms with Crippen molar-refractivity contribution in [1.82, 2.24) is 20.4 Å². The number of rotatable bonds is 2. The fourth-order valence-electron chi connectivity index (χ4n) is 2.87. The van der Waals surface area contributed by atoms with Crippen molar-refractivity contribution >= 4 is 11.6 Å². The molecule has 1 aliphatic rings. The first-order chi connectivity index (χ1) is 9.72. The molecule has 1 fully saturated rings. The van der Waals surface area contributed by atoms with Gasteiger partial charge in [-0.1, -0.05) is 6.42 Å². The van der Waals surface area contributed by atoms with E-state index in [1.807, 2.05) is 24.3 Å². The molecule has 0 amide bonds. The maximum atomic E-state index is 5.59. The summed E-state index contributed by atoms with van der Waals surface area (Å²) >= 11 is 0. The van der Waals surface area contributed by atoms with E-state index >= 15 is 0 Å². The molecule has 104 valence electrons. The van der Waals surface area contributed by atoms with Gasteiger partial charge in [0.1, 0.15) is 11.6 Å². The van der Waals surface area contributed by atoms with Crippen LogP contribution in [0, 0.1) is 0 Å². The number of nitrogens with two attached hydrogens (primary N) is 2. The summed E-state index contributed by atoms with van der Waals surface area (Å²) in [6, 6.07) is 7.58. The number of nitrogens with zero attached hydrogens (tertiary/aromatic N) is 4. The summed E-state index contributed by atoms with van der Waals surface area (Å²) in [6.45, 7) is 0. The predicted octanol–water partition coefficient (Wildman–Crippen LogP) is 1.87. The SMILES string of the molecule is Nc1ccc([C@H]2CCC[C@H](c3ccc(N)nn3)C2)nn1. The fraction of sp³-hybridized carbons (Fsp3) is 0.429. The fourth-order valence-corrected chi connectivity index (χ4v) is 2.87. The van der Waals surface area contributed by atoms with Gasteiger partial charge in [-0.05, 0) is 43.5 Å². The average Bonchev–Trinajstić information content (AvgIpc) is 2.49. The molecule has 0 aliphatic heterocycles. The van der Waals surface area contributed by atoms with Gasteiger partial charge in [-0.25, -0.2) is 0 Å². The van der Waals surface area contributed by atoms with Crippen molar-refractivity contribution in [2.45, 2.75) is 37.5 Å². The quantitative estimate of drug-likeness (QED) is 0.863. The third-order valence-electron chi connectivity index (χ3n) is 3.92. The van der Waals surface area contributed by atoms with Gasteiger partial charge in [0.05, 0.1) is 11.4 Å².